The van der Waals surface area contributed by atoms with Gasteiger partial charge in [0.05, 0.1) is 56.4 Å². The molecule has 1 spiro atoms. The van der Waals surface area contributed by atoms with Crippen molar-refractivity contribution in [1.29, 1.82) is 0 Å². The van der Waals surface area contributed by atoms with E-state index in [4.69, 9.17) is 23.4 Å². The highest BCUT2D eigenvalue weighted by Gasteiger charge is 2.89. The lowest BCUT2D eigenvalue weighted by Crippen LogP contribution is -2.68. The summed E-state index contributed by atoms with van der Waals surface area (Å²) in [6, 6.07) is 2.01. The molecule has 8 heteroatoms. The van der Waals surface area contributed by atoms with Gasteiger partial charge in [0.2, 0.25) is 0 Å². The number of aliphatic hydroxyl groups is 1. The third-order valence-electron chi connectivity index (χ3n) is 10.6. The number of epoxide rings is 1. The molecule has 0 aromatic carbocycles. The highest BCUT2D eigenvalue weighted by molar-refractivity contribution is 5.73. The van der Waals surface area contributed by atoms with Gasteiger partial charge in [0.1, 0.15) is 11.2 Å². The predicted molar refractivity (Wildman–Crippen MR) is 122 cm³/mol. The van der Waals surface area contributed by atoms with Crippen molar-refractivity contribution in [2.24, 2.45) is 22.7 Å². The molecule has 2 aliphatic carbocycles. The van der Waals surface area contributed by atoms with Crippen LogP contribution in [-0.2, 0) is 28.5 Å². The predicted octanol–water partition coefficient (Wildman–Crippen LogP) is 3.36. The van der Waals surface area contributed by atoms with Crippen LogP contribution in [0.3, 0.4) is 0 Å². The van der Waals surface area contributed by atoms with Crippen LogP contribution in [0.5, 0.6) is 0 Å². The van der Waals surface area contributed by atoms with E-state index in [-0.39, 0.29) is 54.2 Å². The van der Waals surface area contributed by atoms with E-state index < -0.39 is 34.2 Å². The number of esters is 2. The van der Waals surface area contributed by atoms with E-state index in [2.05, 4.69) is 13.8 Å². The summed E-state index contributed by atoms with van der Waals surface area (Å²) in [5, 5.41) is 11.3. The fourth-order valence-electron chi connectivity index (χ4n) is 9.47. The van der Waals surface area contributed by atoms with Crippen molar-refractivity contribution in [3.63, 3.8) is 0 Å². The van der Waals surface area contributed by atoms with Gasteiger partial charge in [-0.3, -0.25) is 9.59 Å². The normalized spacial score (nSPS) is 50.0. The SMILES string of the molecule is COC(=O)CC1OC2CC3(C)C(c4ccoc4)CC4OC43C3(C)OC(=O)CC(C(C)(C)O)C1(C)C23. The van der Waals surface area contributed by atoms with Gasteiger partial charge in [0, 0.05) is 22.7 Å². The molecule has 10 atom stereocenters. The maximum atomic E-state index is 13.4. The Morgan fingerprint density at radius 1 is 1.29 bits per heavy atom. The van der Waals surface area contributed by atoms with Crippen molar-refractivity contribution in [2.75, 3.05) is 7.11 Å². The van der Waals surface area contributed by atoms with E-state index >= 15 is 0 Å². The maximum Gasteiger partial charge on any atom is 0.308 e. The summed E-state index contributed by atoms with van der Waals surface area (Å²) in [6.07, 6.45) is 4.25. The summed E-state index contributed by atoms with van der Waals surface area (Å²) in [5.74, 6) is -1.28. The lowest BCUT2D eigenvalue weighted by Gasteiger charge is -2.58. The Labute approximate surface area is 205 Å². The minimum absolute atomic E-state index is 0.0441. The topological polar surface area (TPSA) is 108 Å². The second-order valence-electron chi connectivity index (χ2n) is 12.6. The summed E-state index contributed by atoms with van der Waals surface area (Å²) >= 11 is 0. The number of hydrogen-bond donors (Lipinski definition) is 1. The Balaban J connectivity index is 1.53. The van der Waals surface area contributed by atoms with E-state index in [1.165, 1.54) is 7.11 Å². The molecule has 0 amide bonds. The van der Waals surface area contributed by atoms with E-state index in [1.807, 2.05) is 13.0 Å². The van der Waals surface area contributed by atoms with Crippen molar-refractivity contribution in [3.8, 4) is 0 Å². The van der Waals surface area contributed by atoms with Crippen molar-refractivity contribution in [3.05, 3.63) is 24.2 Å². The van der Waals surface area contributed by atoms with Crippen LogP contribution < -0.4 is 0 Å². The molecule has 3 aliphatic heterocycles. The number of methoxy groups -OCH3 is 1. The minimum Gasteiger partial charge on any atom is -0.472 e. The summed E-state index contributed by atoms with van der Waals surface area (Å²) in [5.41, 5.74) is -2.82. The van der Waals surface area contributed by atoms with Gasteiger partial charge < -0.3 is 28.5 Å². The molecule has 0 bridgehead atoms. The smallest absolute Gasteiger partial charge is 0.308 e. The third kappa shape index (κ3) is 2.68. The van der Waals surface area contributed by atoms with Crippen molar-refractivity contribution >= 4 is 11.9 Å². The molecule has 5 fully saturated rings. The zero-order valence-electron chi connectivity index (χ0n) is 21.3. The van der Waals surface area contributed by atoms with Gasteiger partial charge in [0.15, 0.2) is 0 Å². The molecule has 4 heterocycles. The quantitative estimate of drug-likeness (QED) is 0.508. The fourth-order valence-corrected chi connectivity index (χ4v) is 9.47. The Morgan fingerprint density at radius 3 is 2.66 bits per heavy atom. The van der Waals surface area contributed by atoms with Gasteiger partial charge in [0.25, 0.3) is 0 Å². The van der Waals surface area contributed by atoms with E-state index in [0.717, 1.165) is 12.0 Å². The first-order valence-electron chi connectivity index (χ1n) is 12.7. The van der Waals surface area contributed by atoms with Gasteiger partial charge in [-0.05, 0) is 51.2 Å². The fraction of sp³-hybridized carbons (Fsp3) is 0.778. The molecular weight excluding hydrogens is 452 g/mol. The van der Waals surface area contributed by atoms with Crippen LogP contribution >= 0.6 is 0 Å². The Bertz CT molecular complexity index is 1060. The number of furan rings is 1. The summed E-state index contributed by atoms with van der Waals surface area (Å²) in [7, 11) is 1.37. The standard InChI is InChI=1S/C27H36O8/c1-23(2,30)17-10-21(29)35-26(5)22-16(33-18(25(17,22)4)11-20(28)31-6)12-24(3)15(14-7-8-32-13-14)9-19-27(24,26)34-19/h7-8,13,15-19,22,30H,9-12H2,1-6H3. The van der Waals surface area contributed by atoms with Crippen molar-refractivity contribution < 1.29 is 38.1 Å². The molecule has 35 heavy (non-hydrogen) atoms. The molecule has 1 N–H and O–H groups in total. The Hall–Kier alpha value is -1.90. The van der Waals surface area contributed by atoms with Crippen LogP contribution in [0.25, 0.3) is 0 Å². The Morgan fingerprint density at radius 2 is 2.03 bits per heavy atom. The first-order chi connectivity index (χ1) is 16.3. The van der Waals surface area contributed by atoms with Crippen LogP contribution in [0.15, 0.2) is 23.0 Å². The van der Waals surface area contributed by atoms with E-state index in [9.17, 15) is 14.7 Å². The zero-order valence-corrected chi connectivity index (χ0v) is 21.3. The number of hydrogen-bond acceptors (Lipinski definition) is 8. The molecule has 1 aromatic rings. The van der Waals surface area contributed by atoms with Gasteiger partial charge in [-0.25, -0.2) is 0 Å². The number of carbonyl (C=O) groups excluding carboxylic acids is 2. The highest BCUT2D eigenvalue weighted by atomic mass is 16.7. The van der Waals surface area contributed by atoms with Gasteiger partial charge in [-0.15, -0.1) is 0 Å². The Kier molecular flexibility index (Phi) is 4.63. The van der Waals surface area contributed by atoms with Crippen molar-refractivity contribution in [1.82, 2.24) is 0 Å². The second kappa shape index (κ2) is 6.90. The maximum absolute atomic E-state index is 13.4. The molecule has 5 aliphatic rings. The summed E-state index contributed by atoms with van der Waals surface area (Å²) in [4.78, 5) is 25.9. The third-order valence-corrected chi connectivity index (χ3v) is 10.6. The second-order valence-corrected chi connectivity index (χ2v) is 12.6. The largest absolute Gasteiger partial charge is 0.472 e. The molecule has 3 saturated heterocycles. The molecule has 10 unspecified atom stereocenters. The van der Waals surface area contributed by atoms with Crippen LogP contribution in [0.4, 0.5) is 0 Å². The van der Waals surface area contributed by atoms with Crippen LogP contribution in [0.1, 0.15) is 71.8 Å². The minimum atomic E-state index is -1.19. The molecule has 0 radical (unpaired) electrons. The average molecular weight is 489 g/mol. The van der Waals surface area contributed by atoms with Crippen molar-refractivity contribution in [2.45, 2.75) is 101 Å². The first kappa shape index (κ1) is 23.5. The molecular formula is C27H36O8. The van der Waals surface area contributed by atoms with Gasteiger partial charge in [-0.1, -0.05) is 13.8 Å². The summed E-state index contributed by atoms with van der Waals surface area (Å²) < 4.78 is 30.2. The molecule has 1 aromatic heterocycles. The van der Waals surface area contributed by atoms with Crippen LogP contribution in [-0.4, -0.2) is 59.3 Å². The number of carbonyl (C=O) groups is 2. The van der Waals surface area contributed by atoms with Gasteiger partial charge >= 0.3 is 11.9 Å². The number of rotatable bonds is 4. The first-order valence-corrected chi connectivity index (χ1v) is 12.7. The number of ether oxygens (including phenoxy) is 4. The van der Waals surface area contributed by atoms with Gasteiger partial charge in [-0.2, -0.15) is 0 Å². The van der Waals surface area contributed by atoms with Crippen LogP contribution in [0, 0.1) is 22.7 Å². The monoisotopic (exact) mass is 488 g/mol. The lowest BCUT2D eigenvalue weighted by atomic mass is 9.47. The molecule has 6 rings (SSSR count). The average Bonchev–Trinajstić information content (AvgIpc) is 3.04. The molecule has 192 valence electrons. The highest BCUT2D eigenvalue weighted by Crippen LogP contribution is 2.80. The molecule has 8 nitrogen and oxygen atoms in total. The van der Waals surface area contributed by atoms with E-state index in [1.54, 1.807) is 26.4 Å². The van der Waals surface area contributed by atoms with Crippen LogP contribution in [0.2, 0.25) is 0 Å². The zero-order chi connectivity index (χ0) is 25.2. The molecule has 2 saturated carbocycles. The van der Waals surface area contributed by atoms with E-state index in [0.29, 0.717) is 6.42 Å². The lowest BCUT2D eigenvalue weighted by molar-refractivity contribution is -0.213. The summed E-state index contributed by atoms with van der Waals surface area (Å²) in [6.45, 7) is 9.75.